The minimum Gasteiger partial charge on any atom is -0.488 e. The topological polar surface area (TPSA) is 9.23 Å². The van der Waals surface area contributed by atoms with Gasteiger partial charge < -0.3 is 4.74 Å². The molecule has 0 aliphatic carbocycles. The third kappa shape index (κ3) is 3.69. The Hall–Kier alpha value is -1.70. The van der Waals surface area contributed by atoms with Crippen LogP contribution in [-0.2, 0) is 6.42 Å². The van der Waals surface area contributed by atoms with Crippen molar-refractivity contribution in [3.63, 3.8) is 0 Å². The van der Waals surface area contributed by atoms with Crippen LogP contribution in [0.5, 0.6) is 5.75 Å². The molecule has 1 heterocycles. The Morgan fingerprint density at radius 3 is 2.57 bits per heavy atom. The molecule has 0 saturated heterocycles. The van der Waals surface area contributed by atoms with Crippen LogP contribution in [-0.4, -0.2) is 6.61 Å². The Labute approximate surface area is 134 Å². The maximum absolute atomic E-state index is 6.01. The van der Waals surface area contributed by atoms with E-state index in [0.717, 1.165) is 33.4 Å². The molecule has 3 heteroatoms. The largest absolute Gasteiger partial charge is 0.488 e. The molecule has 0 aromatic heterocycles. The minimum absolute atomic E-state index is 0.589. The molecule has 0 radical (unpaired) electrons. The molecule has 0 amide bonds. The van der Waals surface area contributed by atoms with Crippen molar-refractivity contribution in [2.24, 2.45) is 0 Å². The molecular weight excluding hydrogens is 303 g/mol. The van der Waals surface area contributed by atoms with Gasteiger partial charge in [-0.1, -0.05) is 47.5 Å². The van der Waals surface area contributed by atoms with E-state index in [1.54, 1.807) is 0 Å². The van der Waals surface area contributed by atoms with Crippen LogP contribution >= 0.6 is 23.2 Å². The molecule has 2 aromatic rings. The monoisotopic (exact) mass is 316 g/mol. The van der Waals surface area contributed by atoms with Crippen LogP contribution in [0.25, 0.3) is 6.08 Å². The highest BCUT2D eigenvalue weighted by Gasteiger charge is 2.09. The molecule has 0 fully saturated rings. The van der Waals surface area contributed by atoms with Crippen molar-refractivity contribution in [3.8, 4) is 5.75 Å². The molecule has 0 saturated carbocycles. The quantitative estimate of drug-likeness (QED) is 0.719. The molecule has 0 bridgehead atoms. The van der Waals surface area contributed by atoms with E-state index in [-0.39, 0.29) is 0 Å². The van der Waals surface area contributed by atoms with E-state index in [1.807, 2.05) is 42.5 Å². The first-order valence-corrected chi connectivity index (χ1v) is 7.50. The fraction of sp³-hybridized carbons (Fsp3) is 0.111. The van der Waals surface area contributed by atoms with Gasteiger partial charge in [-0.05, 0) is 54.0 Å². The van der Waals surface area contributed by atoms with Crippen molar-refractivity contribution in [1.29, 1.82) is 0 Å². The summed E-state index contributed by atoms with van der Waals surface area (Å²) in [4.78, 5) is 0. The van der Waals surface area contributed by atoms with E-state index in [4.69, 9.17) is 27.9 Å². The summed E-state index contributed by atoms with van der Waals surface area (Å²) in [6.45, 7) is 0.589. The second kappa shape index (κ2) is 6.38. The normalized spacial score (nSPS) is 13.7. The van der Waals surface area contributed by atoms with Gasteiger partial charge >= 0.3 is 0 Å². The van der Waals surface area contributed by atoms with E-state index < -0.39 is 0 Å². The number of halogens is 2. The van der Waals surface area contributed by atoms with Crippen molar-refractivity contribution in [2.45, 2.75) is 6.42 Å². The molecular formula is C18H14Cl2O. The van der Waals surface area contributed by atoms with Crippen molar-refractivity contribution in [3.05, 3.63) is 81.4 Å². The van der Waals surface area contributed by atoms with E-state index in [0.29, 0.717) is 6.61 Å². The third-order valence-corrected chi connectivity index (χ3v) is 3.79. The summed E-state index contributed by atoms with van der Waals surface area (Å²) in [6, 6.07) is 13.6. The second-order valence-corrected chi connectivity index (χ2v) is 5.80. The van der Waals surface area contributed by atoms with Gasteiger partial charge in [0.15, 0.2) is 0 Å². The standard InChI is InChI=1S/C18H14Cl2O/c19-16-6-4-13(5-7-16)2-1-3-14-10-15-11-17(20)8-9-18(15)21-12-14/h1,3-11H,2,12H2/b3-1+. The summed E-state index contributed by atoms with van der Waals surface area (Å²) in [7, 11) is 0. The fourth-order valence-corrected chi connectivity index (χ4v) is 2.54. The lowest BCUT2D eigenvalue weighted by atomic mass is 10.1. The first kappa shape index (κ1) is 14.2. The summed E-state index contributed by atoms with van der Waals surface area (Å²) in [5.41, 5.74) is 3.40. The number of allylic oxidation sites excluding steroid dienone is 1. The van der Waals surface area contributed by atoms with Crippen LogP contribution in [0.1, 0.15) is 11.1 Å². The first-order valence-electron chi connectivity index (χ1n) is 6.74. The SMILES string of the molecule is Clc1ccc(C/C=C/C2=Cc3cc(Cl)ccc3OC2)cc1. The fourth-order valence-electron chi connectivity index (χ4n) is 2.23. The predicted molar refractivity (Wildman–Crippen MR) is 89.2 cm³/mol. The van der Waals surface area contributed by atoms with Crippen molar-refractivity contribution >= 4 is 29.3 Å². The maximum atomic E-state index is 6.01. The number of fused-ring (bicyclic) bond motifs is 1. The summed E-state index contributed by atoms with van der Waals surface area (Å²) in [5.74, 6) is 0.884. The Bertz CT molecular complexity index is 700. The lowest BCUT2D eigenvalue weighted by Crippen LogP contribution is -2.05. The van der Waals surface area contributed by atoms with Gasteiger partial charge in [-0.3, -0.25) is 0 Å². The molecule has 3 rings (SSSR count). The number of benzene rings is 2. The van der Waals surface area contributed by atoms with Gasteiger partial charge in [0.2, 0.25) is 0 Å². The Morgan fingerprint density at radius 2 is 1.76 bits per heavy atom. The van der Waals surface area contributed by atoms with Gasteiger partial charge in [-0.2, -0.15) is 0 Å². The lowest BCUT2D eigenvalue weighted by molar-refractivity contribution is 0.351. The minimum atomic E-state index is 0.589. The molecule has 0 spiro atoms. The molecule has 1 aliphatic rings. The van der Waals surface area contributed by atoms with Crippen molar-refractivity contribution in [1.82, 2.24) is 0 Å². The van der Waals surface area contributed by atoms with Crippen LogP contribution in [0.3, 0.4) is 0 Å². The van der Waals surface area contributed by atoms with Crippen LogP contribution in [0.15, 0.2) is 60.2 Å². The Kier molecular flexibility index (Phi) is 4.33. The smallest absolute Gasteiger partial charge is 0.127 e. The van der Waals surface area contributed by atoms with Gasteiger partial charge in [0.1, 0.15) is 12.4 Å². The lowest BCUT2D eigenvalue weighted by Gasteiger charge is -2.16. The van der Waals surface area contributed by atoms with Gasteiger partial charge in [-0.15, -0.1) is 0 Å². The Morgan fingerprint density at radius 1 is 1.00 bits per heavy atom. The number of hydrogen-bond acceptors (Lipinski definition) is 1. The van der Waals surface area contributed by atoms with Crippen LogP contribution in [0.4, 0.5) is 0 Å². The van der Waals surface area contributed by atoms with E-state index in [2.05, 4.69) is 18.2 Å². The van der Waals surface area contributed by atoms with E-state index in [9.17, 15) is 0 Å². The zero-order valence-electron chi connectivity index (χ0n) is 11.4. The zero-order chi connectivity index (χ0) is 14.7. The molecule has 0 atom stereocenters. The summed E-state index contributed by atoms with van der Waals surface area (Å²) in [6.07, 6.45) is 7.21. The van der Waals surface area contributed by atoms with Crippen LogP contribution < -0.4 is 4.74 Å². The van der Waals surface area contributed by atoms with Gasteiger partial charge in [0.05, 0.1) is 0 Å². The molecule has 1 aliphatic heterocycles. The Balaban J connectivity index is 1.70. The molecule has 1 nitrogen and oxygen atoms in total. The van der Waals surface area contributed by atoms with Crippen LogP contribution in [0, 0.1) is 0 Å². The molecule has 21 heavy (non-hydrogen) atoms. The molecule has 0 unspecified atom stereocenters. The number of hydrogen-bond donors (Lipinski definition) is 0. The predicted octanol–water partition coefficient (Wildman–Crippen LogP) is 5.57. The average molecular weight is 317 g/mol. The molecule has 0 N–H and O–H groups in total. The van der Waals surface area contributed by atoms with Crippen LogP contribution in [0.2, 0.25) is 10.0 Å². The second-order valence-electron chi connectivity index (χ2n) is 4.92. The summed E-state index contributed by atoms with van der Waals surface area (Å²) >= 11 is 11.9. The number of rotatable bonds is 3. The number of ether oxygens (including phenoxy) is 1. The van der Waals surface area contributed by atoms with Crippen molar-refractivity contribution < 1.29 is 4.74 Å². The highest BCUT2D eigenvalue weighted by molar-refractivity contribution is 6.31. The van der Waals surface area contributed by atoms with Gasteiger partial charge in [-0.25, -0.2) is 0 Å². The maximum Gasteiger partial charge on any atom is 0.127 e. The highest BCUT2D eigenvalue weighted by Crippen LogP contribution is 2.29. The highest BCUT2D eigenvalue weighted by atomic mass is 35.5. The summed E-state index contributed by atoms with van der Waals surface area (Å²) in [5, 5.41) is 1.49. The van der Waals surface area contributed by atoms with Gasteiger partial charge in [0.25, 0.3) is 0 Å². The molecule has 2 aromatic carbocycles. The van der Waals surface area contributed by atoms with Crippen molar-refractivity contribution in [2.75, 3.05) is 6.61 Å². The first-order chi connectivity index (χ1) is 10.2. The summed E-state index contributed by atoms with van der Waals surface area (Å²) < 4.78 is 5.71. The zero-order valence-corrected chi connectivity index (χ0v) is 12.9. The average Bonchev–Trinajstić information content (AvgIpc) is 2.49. The molecule has 106 valence electrons. The van der Waals surface area contributed by atoms with Gasteiger partial charge in [0, 0.05) is 15.6 Å². The third-order valence-electron chi connectivity index (χ3n) is 3.31. The van der Waals surface area contributed by atoms with E-state index >= 15 is 0 Å². The van der Waals surface area contributed by atoms with E-state index in [1.165, 1.54) is 5.56 Å².